The zero-order chi connectivity index (χ0) is 13.1. The normalized spacial score (nSPS) is 27.6. The summed E-state index contributed by atoms with van der Waals surface area (Å²) in [6, 6.07) is 0.820. The van der Waals surface area contributed by atoms with Gasteiger partial charge in [0, 0.05) is 25.2 Å². The van der Waals surface area contributed by atoms with Gasteiger partial charge >= 0.3 is 0 Å². The molecule has 1 aliphatic heterocycles. The monoisotopic (exact) mass is 262 g/mol. The predicted molar refractivity (Wildman–Crippen MR) is 71.8 cm³/mol. The number of likely N-dealkylation sites (tertiary alicyclic amines) is 1. The van der Waals surface area contributed by atoms with Gasteiger partial charge in [-0.15, -0.1) is 0 Å². The zero-order valence-corrected chi connectivity index (χ0v) is 12.0. The molecule has 1 fully saturated rings. The van der Waals surface area contributed by atoms with E-state index in [-0.39, 0.29) is 11.0 Å². The van der Waals surface area contributed by atoms with Crippen LogP contribution in [0.15, 0.2) is 0 Å². The maximum Gasteiger partial charge on any atom is 0.153 e. The van der Waals surface area contributed by atoms with E-state index in [1.54, 1.807) is 13.8 Å². The fourth-order valence-corrected chi connectivity index (χ4v) is 3.40. The predicted octanol–water partition coefficient (Wildman–Crippen LogP) is 1.01. The molecule has 1 heterocycles. The molecule has 0 bridgehead atoms. The quantitative estimate of drug-likeness (QED) is 0.803. The van der Waals surface area contributed by atoms with Gasteiger partial charge < -0.3 is 5.73 Å². The van der Waals surface area contributed by atoms with Crippen molar-refractivity contribution in [2.24, 2.45) is 5.73 Å². The van der Waals surface area contributed by atoms with Crippen molar-refractivity contribution in [2.75, 3.05) is 18.8 Å². The first-order valence-corrected chi connectivity index (χ1v) is 8.27. The molecule has 102 valence electrons. The molecule has 0 aromatic heterocycles. The van der Waals surface area contributed by atoms with Gasteiger partial charge in [-0.25, -0.2) is 8.42 Å². The topological polar surface area (TPSA) is 63.4 Å². The Labute approximate surface area is 105 Å². The lowest BCUT2D eigenvalue weighted by Gasteiger charge is -2.40. The molecule has 0 spiro atoms. The fourth-order valence-electron chi connectivity index (χ4n) is 2.46. The number of piperidine rings is 1. The second-order valence-corrected chi connectivity index (χ2v) is 8.00. The third-order valence-electron chi connectivity index (χ3n) is 3.82. The fraction of sp³-hybridized carbons (Fsp3) is 1.00. The van der Waals surface area contributed by atoms with Crippen LogP contribution >= 0.6 is 0 Å². The molecule has 1 saturated heterocycles. The van der Waals surface area contributed by atoms with E-state index in [4.69, 9.17) is 5.73 Å². The summed E-state index contributed by atoms with van der Waals surface area (Å²) in [5.74, 6) is 0.255. The number of hydrogen-bond donors (Lipinski definition) is 1. The van der Waals surface area contributed by atoms with Crippen molar-refractivity contribution in [3.05, 3.63) is 0 Å². The van der Waals surface area contributed by atoms with Gasteiger partial charge in [0.2, 0.25) is 0 Å². The van der Waals surface area contributed by atoms with E-state index in [9.17, 15) is 8.42 Å². The van der Waals surface area contributed by atoms with Gasteiger partial charge in [0.1, 0.15) is 0 Å². The van der Waals surface area contributed by atoms with Gasteiger partial charge in [-0.2, -0.15) is 0 Å². The van der Waals surface area contributed by atoms with Gasteiger partial charge in [-0.05, 0) is 33.6 Å². The summed E-state index contributed by atoms with van der Waals surface area (Å²) >= 11 is 0. The third-order valence-corrected chi connectivity index (χ3v) is 6.01. The molecule has 0 radical (unpaired) electrons. The average Bonchev–Trinajstić information content (AvgIpc) is 2.26. The van der Waals surface area contributed by atoms with E-state index in [1.165, 1.54) is 6.42 Å². The molecule has 0 amide bonds. The Balaban J connectivity index is 2.59. The highest BCUT2D eigenvalue weighted by Crippen LogP contribution is 2.22. The molecule has 1 aliphatic rings. The molecule has 2 atom stereocenters. The van der Waals surface area contributed by atoms with E-state index in [1.807, 2.05) is 0 Å². The maximum atomic E-state index is 11.8. The average molecular weight is 262 g/mol. The number of rotatable bonds is 5. The Bertz CT molecular complexity index is 327. The van der Waals surface area contributed by atoms with Crippen LogP contribution in [0.1, 0.15) is 40.0 Å². The summed E-state index contributed by atoms with van der Waals surface area (Å²) in [6.07, 6.45) is 3.46. The van der Waals surface area contributed by atoms with Crippen LogP contribution in [0.2, 0.25) is 0 Å². The molecule has 0 saturated carbocycles. The second-order valence-electron chi connectivity index (χ2n) is 5.32. The van der Waals surface area contributed by atoms with Crippen molar-refractivity contribution >= 4 is 9.84 Å². The van der Waals surface area contributed by atoms with Crippen LogP contribution in [-0.4, -0.2) is 49.5 Å². The Morgan fingerprint density at radius 2 is 2.00 bits per heavy atom. The highest BCUT2D eigenvalue weighted by atomic mass is 32.2. The summed E-state index contributed by atoms with van der Waals surface area (Å²) in [7, 11) is -2.94. The minimum absolute atomic E-state index is 0.255. The minimum atomic E-state index is -2.94. The summed E-state index contributed by atoms with van der Waals surface area (Å²) in [5, 5.41) is -0.279. The Morgan fingerprint density at radius 1 is 1.35 bits per heavy atom. The van der Waals surface area contributed by atoms with E-state index >= 15 is 0 Å². The highest BCUT2D eigenvalue weighted by Gasteiger charge is 2.28. The second kappa shape index (κ2) is 6.16. The first-order valence-electron chi connectivity index (χ1n) is 6.56. The van der Waals surface area contributed by atoms with Crippen molar-refractivity contribution < 1.29 is 8.42 Å². The summed E-state index contributed by atoms with van der Waals surface area (Å²) in [5.41, 5.74) is 5.76. The Hall–Kier alpha value is -0.130. The first-order chi connectivity index (χ1) is 7.88. The molecule has 17 heavy (non-hydrogen) atoms. The standard InChI is InChI=1S/C12H26N2O2S/c1-10(2)17(15,16)8-7-14-11(3)5-4-6-12(14)9-13/h10-12H,4-9,13H2,1-3H3. The number of nitrogens with zero attached hydrogens (tertiary/aromatic N) is 1. The van der Waals surface area contributed by atoms with Crippen LogP contribution in [0.25, 0.3) is 0 Å². The lowest BCUT2D eigenvalue weighted by atomic mass is 9.97. The van der Waals surface area contributed by atoms with E-state index in [0.717, 1.165) is 12.8 Å². The van der Waals surface area contributed by atoms with Crippen LogP contribution < -0.4 is 5.73 Å². The van der Waals surface area contributed by atoms with Gasteiger partial charge in [-0.1, -0.05) is 6.42 Å². The van der Waals surface area contributed by atoms with E-state index < -0.39 is 9.84 Å². The zero-order valence-electron chi connectivity index (χ0n) is 11.2. The van der Waals surface area contributed by atoms with Crippen LogP contribution in [0.5, 0.6) is 0 Å². The molecular weight excluding hydrogens is 236 g/mol. The molecule has 0 aliphatic carbocycles. The molecule has 2 N–H and O–H groups in total. The molecular formula is C12H26N2O2S. The molecule has 5 heteroatoms. The number of sulfone groups is 1. The molecule has 0 aromatic rings. The molecule has 1 rings (SSSR count). The van der Waals surface area contributed by atoms with Crippen LogP contribution in [0.3, 0.4) is 0 Å². The van der Waals surface area contributed by atoms with Gasteiger partial charge in [0.15, 0.2) is 9.84 Å². The summed E-state index contributed by atoms with van der Waals surface area (Å²) in [4.78, 5) is 2.28. The SMILES string of the molecule is CC1CCCC(CN)N1CCS(=O)(=O)C(C)C. The van der Waals surface area contributed by atoms with Crippen LogP contribution in [-0.2, 0) is 9.84 Å². The molecule has 4 nitrogen and oxygen atoms in total. The number of hydrogen-bond acceptors (Lipinski definition) is 4. The van der Waals surface area contributed by atoms with Crippen LogP contribution in [0.4, 0.5) is 0 Å². The molecule has 0 aromatic carbocycles. The highest BCUT2D eigenvalue weighted by molar-refractivity contribution is 7.92. The van der Waals surface area contributed by atoms with Crippen molar-refractivity contribution in [1.82, 2.24) is 4.90 Å². The van der Waals surface area contributed by atoms with Gasteiger partial charge in [-0.3, -0.25) is 4.90 Å². The van der Waals surface area contributed by atoms with Crippen molar-refractivity contribution in [3.8, 4) is 0 Å². The van der Waals surface area contributed by atoms with Crippen molar-refractivity contribution in [1.29, 1.82) is 0 Å². The minimum Gasteiger partial charge on any atom is -0.329 e. The van der Waals surface area contributed by atoms with Gasteiger partial charge in [0.05, 0.1) is 11.0 Å². The maximum absolute atomic E-state index is 11.8. The Kier molecular flexibility index (Phi) is 5.41. The summed E-state index contributed by atoms with van der Waals surface area (Å²) in [6.45, 7) is 6.92. The van der Waals surface area contributed by atoms with Crippen molar-refractivity contribution in [3.63, 3.8) is 0 Å². The lowest BCUT2D eigenvalue weighted by molar-refractivity contribution is 0.105. The van der Waals surface area contributed by atoms with Crippen molar-refractivity contribution in [2.45, 2.75) is 57.4 Å². The third kappa shape index (κ3) is 3.93. The van der Waals surface area contributed by atoms with Crippen LogP contribution in [0, 0.1) is 0 Å². The molecule has 2 unspecified atom stereocenters. The largest absolute Gasteiger partial charge is 0.329 e. The smallest absolute Gasteiger partial charge is 0.153 e. The Morgan fingerprint density at radius 3 is 2.53 bits per heavy atom. The van der Waals surface area contributed by atoms with E-state index in [2.05, 4.69) is 11.8 Å². The van der Waals surface area contributed by atoms with Gasteiger partial charge in [0.25, 0.3) is 0 Å². The summed E-state index contributed by atoms with van der Waals surface area (Å²) < 4.78 is 23.6. The van der Waals surface area contributed by atoms with E-state index in [0.29, 0.717) is 25.2 Å². The lowest BCUT2D eigenvalue weighted by Crippen LogP contribution is -2.50. The first kappa shape index (κ1) is 14.9. The number of nitrogens with two attached hydrogens (primary N) is 1.